The second kappa shape index (κ2) is 10.2. The number of sulfonamides is 1. The number of ether oxygens (including phenoxy) is 1. The summed E-state index contributed by atoms with van der Waals surface area (Å²) in [5.74, 6) is -0.906. The van der Waals surface area contributed by atoms with Crippen LogP contribution < -0.4 is 9.62 Å². The molecule has 0 aliphatic rings. The average Bonchev–Trinajstić information content (AvgIpc) is 2.69. The lowest BCUT2D eigenvalue weighted by molar-refractivity contribution is -0.116. The van der Waals surface area contributed by atoms with E-state index < -0.39 is 27.9 Å². The standard InChI is InChI=1S/C22H28N2O5S/c1-5-6-15-29-22(26)18-9-11-19(12-10-18)23-21(25)17(3)24(30(4,27)28)20-13-7-16(2)8-14-20/h7-14,17H,5-6,15H2,1-4H3,(H,23,25)/t17-/m1/s1. The summed E-state index contributed by atoms with van der Waals surface area (Å²) < 4.78 is 30.9. The highest BCUT2D eigenvalue weighted by molar-refractivity contribution is 7.92. The van der Waals surface area contributed by atoms with E-state index in [1.54, 1.807) is 48.5 Å². The third-order valence-electron chi connectivity index (χ3n) is 4.50. The zero-order valence-electron chi connectivity index (χ0n) is 17.7. The molecule has 0 fully saturated rings. The SMILES string of the molecule is CCCCOC(=O)c1ccc(NC(=O)[C@@H](C)N(c2ccc(C)cc2)S(C)(=O)=O)cc1. The maximum absolute atomic E-state index is 12.7. The summed E-state index contributed by atoms with van der Waals surface area (Å²) in [4.78, 5) is 24.7. The van der Waals surface area contributed by atoms with E-state index in [-0.39, 0.29) is 0 Å². The van der Waals surface area contributed by atoms with Gasteiger partial charge in [0.15, 0.2) is 0 Å². The number of rotatable bonds is 9. The normalized spacial score (nSPS) is 12.1. The van der Waals surface area contributed by atoms with E-state index in [2.05, 4.69) is 5.32 Å². The molecular formula is C22H28N2O5S. The van der Waals surface area contributed by atoms with Gasteiger partial charge >= 0.3 is 5.97 Å². The molecule has 162 valence electrons. The van der Waals surface area contributed by atoms with Gasteiger partial charge in [-0.1, -0.05) is 31.0 Å². The van der Waals surface area contributed by atoms with Gasteiger partial charge in [0.1, 0.15) is 6.04 Å². The van der Waals surface area contributed by atoms with Crippen LogP contribution in [0, 0.1) is 6.92 Å². The number of anilines is 2. The van der Waals surface area contributed by atoms with Crippen LogP contribution in [0.25, 0.3) is 0 Å². The van der Waals surface area contributed by atoms with Crippen LogP contribution in [0.2, 0.25) is 0 Å². The molecule has 0 aliphatic heterocycles. The largest absolute Gasteiger partial charge is 0.462 e. The van der Waals surface area contributed by atoms with Crippen LogP contribution in [0.5, 0.6) is 0 Å². The number of unbranched alkanes of at least 4 members (excludes halogenated alkanes) is 1. The van der Waals surface area contributed by atoms with Crippen molar-refractivity contribution in [2.24, 2.45) is 0 Å². The van der Waals surface area contributed by atoms with Crippen molar-refractivity contribution in [3.63, 3.8) is 0 Å². The third-order valence-corrected chi connectivity index (χ3v) is 5.74. The van der Waals surface area contributed by atoms with Gasteiger partial charge in [-0.2, -0.15) is 0 Å². The summed E-state index contributed by atoms with van der Waals surface area (Å²) in [6, 6.07) is 12.2. The van der Waals surface area contributed by atoms with Crippen LogP contribution in [-0.2, 0) is 19.6 Å². The van der Waals surface area contributed by atoms with E-state index in [4.69, 9.17) is 4.74 Å². The lowest BCUT2D eigenvalue weighted by atomic mass is 10.2. The fourth-order valence-electron chi connectivity index (χ4n) is 2.83. The van der Waals surface area contributed by atoms with Gasteiger partial charge in [0.05, 0.1) is 24.1 Å². The Morgan fingerprint density at radius 2 is 1.67 bits per heavy atom. The lowest BCUT2D eigenvalue weighted by Crippen LogP contribution is -2.45. The molecule has 1 atom stereocenters. The molecule has 1 N–H and O–H groups in total. The third kappa shape index (κ3) is 6.32. The molecule has 0 heterocycles. The quantitative estimate of drug-likeness (QED) is 0.481. The van der Waals surface area contributed by atoms with Gasteiger partial charge in [-0.15, -0.1) is 0 Å². The Bertz CT molecular complexity index is 970. The molecule has 0 saturated heterocycles. The minimum atomic E-state index is -3.69. The molecule has 1 amide bonds. The summed E-state index contributed by atoms with van der Waals surface area (Å²) in [5.41, 5.74) is 2.23. The molecule has 0 spiro atoms. The second-order valence-electron chi connectivity index (χ2n) is 7.13. The first kappa shape index (κ1) is 23.4. The number of hydrogen-bond acceptors (Lipinski definition) is 5. The molecule has 2 aromatic carbocycles. The van der Waals surface area contributed by atoms with Crippen molar-refractivity contribution in [1.82, 2.24) is 0 Å². The number of amides is 1. The molecule has 2 aromatic rings. The number of carbonyl (C=O) groups excluding carboxylic acids is 2. The Morgan fingerprint density at radius 1 is 1.07 bits per heavy atom. The summed E-state index contributed by atoms with van der Waals surface area (Å²) in [5, 5.41) is 2.70. The highest BCUT2D eigenvalue weighted by Crippen LogP contribution is 2.22. The van der Waals surface area contributed by atoms with E-state index >= 15 is 0 Å². The van der Waals surface area contributed by atoms with E-state index in [1.165, 1.54) is 6.92 Å². The smallest absolute Gasteiger partial charge is 0.338 e. The minimum Gasteiger partial charge on any atom is -0.462 e. The average molecular weight is 433 g/mol. The van der Waals surface area contributed by atoms with Gasteiger partial charge in [-0.25, -0.2) is 13.2 Å². The maximum atomic E-state index is 12.7. The number of esters is 1. The van der Waals surface area contributed by atoms with Crippen molar-refractivity contribution in [3.8, 4) is 0 Å². The highest BCUT2D eigenvalue weighted by atomic mass is 32.2. The Kier molecular flexibility index (Phi) is 8.00. The Hall–Kier alpha value is -2.87. The van der Waals surface area contributed by atoms with E-state index in [9.17, 15) is 18.0 Å². The zero-order chi connectivity index (χ0) is 22.3. The predicted octanol–water partition coefficient (Wildman–Crippen LogP) is 3.75. The first-order valence-corrected chi connectivity index (χ1v) is 11.6. The number of nitrogens with one attached hydrogen (secondary N) is 1. The highest BCUT2D eigenvalue weighted by Gasteiger charge is 2.29. The first-order valence-electron chi connectivity index (χ1n) is 9.77. The van der Waals surface area contributed by atoms with Gasteiger partial charge in [0.25, 0.3) is 0 Å². The zero-order valence-corrected chi connectivity index (χ0v) is 18.5. The molecule has 0 radical (unpaired) electrons. The van der Waals surface area contributed by atoms with Gasteiger partial charge in [0, 0.05) is 5.69 Å². The molecule has 8 heteroatoms. The molecule has 0 bridgehead atoms. The number of carbonyl (C=O) groups is 2. The topological polar surface area (TPSA) is 92.8 Å². The van der Waals surface area contributed by atoms with Crippen LogP contribution >= 0.6 is 0 Å². The summed E-state index contributed by atoms with van der Waals surface area (Å²) >= 11 is 0. The molecule has 0 saturated carbocycles. The number of aryl methyl sites for hydroxylation is 1. The van der Waals surface area contributed by atoms with E-state index in [0.717, 1.165) is 29.0 Å². The van der Waals surface area contributed by atoms with Crippen LogP contribution in [0.1, 0.15) is 42.6 Å². The van der Waals surface area contributed by atoms with Gasteiger partial charge in [-0.3, -0.25) is 9.10 Å². The Morgan fingerprint density at radius 3 is 2.20 bits per heavy atom. The van der Waals surface area contributed by atoms with Crippen molar-refractivity contribution in [2.45, 2.75) is 39.7 Å². The van der Waals surface area contributed by atoms with Crippen molar-refractivity contribution in [2.75, 3.05) is 22.5 Å². The number of nitrogens with zero attached hydrogens (tertiary/aromatic N) is 1. The van der Waals surface area contributed by atoms with Crippen LogP contribution in [-0.4, -0.2) is 39.2 Å². The minimum absolute atomic E-state index is 0.367. The molecule has 0 unspecified atom stereocenters. The molecule has 7 nitrogen and oxygen atoms in total. The number of hydrogen-bond donors (Lipinski definition) is 1. The van der Waals surface area contributed by atoms with Crippen LogP contribution in [0.4, 0.5) is 11.4 Å². The summed E-state index contributed by atoms with van der Waals surface area (Å²) in [6.45, 7) is 5.80. The summed E-state index contributed by atoms with van der Waals surface area (Å²) in [7, 11) is -3.69. The first-order chi connectivity index (χ1) is 14.1. The monoisotopic (exact) mass is 432 g/mol. The molecule has 30 heavy (non-hydrogen) atoms. The van der Waals surface area contributed by atoms with Crippen molar-refractivity contribution >= 4 is 33.3 Å². The van der Waals surface area contributed by atoms with Gasteiger partial charge < -0.3 is 10.1 Å². The fraction of sp³-hybridized carbons (Fsp3) is 0.364. The lowest BCUT2D eigenvalue weighted by Gasteiger charge is -2.28. The van der Waals surface area contributed by atoms with Crippen molar-refractivity contribution in [3.05, 3.63) is 59.7 Å². The van der Waals surface area contributed by atoms with Crippen LogP contribution in [0.15, 0.2) is 48.5 Å². The van der Waals surface area contributed by atoms with Gasteiger partial charge in [0.2, 0.25) is 15.9 Å². The van der Waals surface area contributed by atoms with Gasteiger partial charge in [-0.05, 0) is 56.7 Å². The Labute approximate surface area is 178 Å². The second-order valence-corrected chi connectivity index (χ2v) is 8.99. The van der Waals surface area contributed by atoms with Crippen LogP contribution in [0.3, 0.4) is 0 Å². The van der Waals surface area contributed by atoms with Crippen molar-refractivity contribution in [1.29, 1.82) is 0 Å². The molecule has 0 aliphatic carbocycles. The molecular weight excluding hydrogens is 404 g/mol. The summed E-state index contributed by atoms with van der Waals surface area (Å²) in [6.07, 6.45) is 2.80. The fourth-order valence-corrected chi connectivity index (χ4v) is 4.00. The predicted molar refractivity (Wildman–Crippen MR) is 118 cm³/mol. The maximum Gasteiger partial charge on any atom is 0.338 e. The Balaban J connectivity index is 2.11. The molecule has 0 aromatic heterocycles. The van der Waals surface area contributed by atoms with Crippen molar-refractivity contribution < 1.29 is 22.7 Å². The van der Waals surface area contributed by atoms with E-state index in [1.807, 2.05) is 13.8 Å². The van der Waals surface area contributed by atoms with E-state index in [0.29, 0.717) is 23.5 Å². The molecule has 2 rings (SSSR count). The number of benzene rings is 2.